The van der Waals surface area contributed by atoms with Crippen LogP contribution in [0.2, 0.25) is 10.0 Å². The molecule has 0 unspecified atom stereocenters. The van der Waals surface area contributed by atoms with Crippen LogP contribution in [0, 0.1) is 17.6 Å². The van der Waals surface area contributed by atoms with Gasteiger partial charge in [0, 0.05) is 37.3 Å². The number of rotatable bonds is 11. The van der Waals surface area contributed by atoms with Gasteiger partial charge in [-0.15, -0.1) is 0 Å². The summed E-state index contributed by atoms with van der Waals surface area (Å²) in [5, 5.41) is 10.1. The van der Waals surface area contributed by atoms with E-state index >= 15 is 0 Å². The van der Waals surface area contributed by atoms with Crippen molar-refractivity contribution in [2.75, 3.05) is 20.1 Å². The van der Waals surface area contributed by atoms with Crippen LogP contribution in [0.25, 0.3) is 11.3 Å². The number of likely N-dealkylation sites (N-methyl/N-ethyl adjacent to an activating group) is 1. The van der Waals surface area contributed by atoms with E-state index in [0.29, 0.717) is 29.6 Å². The quantitative estimate of drug-likeness (QED) is 0.171. The number of nitrogens with one attached hydrogen (secondary N) is 2. The molecule has 2 atom stereocenters. The van der Waals surface area contributed by atoms with Crippen molar-refractivity contribution in [2.45, 2.75) is 50.8 Å². The number of carbonyl (C=O) groups is 2. The maximum absolute atomic E-state index is 14.3. The van der Waals surface area contributed by atoms with Crippen LogP contribution in [0.5, 0.6) is 5.75 Å². The third-order valence-corrected chi connectivity index (χ3v) is 9.45. The van der Waals surface area contributed by atoms with Crippen LogP contribution in [-0.4, -0.2) is 48.0 Å². The van der Waals surface area contributed by atoms with Gasteiger partial charge in [0.1, 0.15) is 29.7 Å². The number of nitrogens with zero attached hydrogens (tertiary/aromatic N) is 2. The smallest absolute Gasteiger partial charge is 0.228 e. The molecule has 1 saturated carbocycles. The summed E-state index contributed by atoms with van der Waals surface area (Å²) in [5.41, 5.74) is 2.62. The Balaban J connectivity index is 1.13. The third kappa shape index (κ3) is 7.61. The summed E-state index contributed by atoms with van der Waals surface area (Å²) >= 11 is 12.5. The van der Waals surface area contributed by atoms with Gasteiger partial charge in [0.2, 0.25) is 11.8 Å². The Morgan fingerprint density at radius 3 is 2.55 bits per heavy atom. The highest BCUT2D eigenvalue weighted by Gasteiger charge is 2.40. The number of halogens is 4. The lowest BCUT2D eigenvalue weighted by Crippen LogP contribution is -2.47. The van der Waals surface area contributed by atoms with Gasteiger partial charge in [-0.3, -0.25) is 9.59 Å². The van der Waals surface area contributed by atoms with Gasteiger partial charge in [0.25, 0.3) is 0 Å². The molecule has 47 heavy (non-hydrogen) atoms. The van der Waals surface area contributed by atoms with Crippen molar-refractivity contribution >= 4 is 35.0 Å². The standard InChI is InChI=1S/C35H34Cl2F2N4O4/c1-40-32(44)15-20-2-9-28(36)22(14-20)18-43(23-5-6-23)35(45)27-17-41-13-12-26(27)21-3-7-24(8-4-21)46-19-25-16-31(42-47-25)33-29(38)10-11-30(39)34(33)37/h2-4,7-11,14,16,23,26-27,41H,5-6,12-13,15,17-19H2,1H3,(H,40,44)/t26-,27+/m1/s1. The van der Waals surface area contributed by atoms with Crippen molar-refractivity contribution in [1.82, 2.24) is 20.7 Å². The van der Waals surface area contributed by atoms with E-state index < -0.39 is 11.6 Å². The van der Waals surface area contributed by atoms with Gasteiger partial charge in [0.15, 0.2) is 5.76 Å². The highest BCUT2D eigenvalue weighted by atomic mass is 35.5. The minimum Gasteiger partial charge on any atom is -0.486 e. The Morgan fingerprint density at radius 2 is 1.81 bits per heavy atom. The third-order valence-electron chi connectivity index (χ3n) is 8.71. The van der Waals surface area contributed by atoms with Crippen molar-refractivity contribution in [2.24, 2.45) is 5.92 Å². The van der Waals surface area contributed by atoms with E-state index in [1.807, 2.05) is 41.3 Å². The summed E-state index contributed by atoms with van der Waals surface area (Å²) in [5.74, 6) is -0.820. The molecule has 0 bridgehead atoms. The average molecular weight is 684 g/mol. The Kier molecular flexibility index (Phi) is 10.1. The maximum atomic E-state index is 14.3. The normalized spacial score (nSPS) is 17.7. The Bertz CT molecular complexity index is 1760. The first-order valence-electron chi connectivity index (χ1n) is 15.5. The van der Waals surface area contributed by atoms with E-state index in [-0.39, 0.29) is 59.0 Å². The number of carbonyl (C=O) groups excluding carboxylic acids is 2. The number of amides is 2. The highest BCUT2D eigenvalue weighted by molar-refractivity contribution is 6.33. The fourth-order valence-electron chi connectivity index (χ4n) is 6.05. The fourth-order valence-corrected chi connectivity index (χ4v) is 6.47. The van der Waals surface area contributed by atoms with Crippen molar-refractivity contribution in [1.29, 1.82) is 0 Å². The molecule has 1 aromatic heterocycles. The van der Waals surface area contributed by atoms with Gasteiger partial charge in [-0.05, 0) is 78.7 Å². The number of aromatic nitrogens is 1. The second-order valence-electron chi connectivity index (χ2n) is 11.9. The second kappa shape index (κ2) is 14.4. The molecule has 8 nitrogen and oxygen atoms in total. The summed E-state index contributed by atoms with van der Waals surface area (Å²) in [7, 11) is 1.61. The first kappa shape index (κ1) is 32.9. The van der Waals surface area contributed by atoms with E-state index in [4.69, 9.17) is 32.5 Å². The van der Waals surface area contributed by atoms with Crippen LogP contribution in [-0.2, 0) is 29.2 Å². The van der Waals surface area contributed by atoms with E-state index in [1.165, 1.54) is 6.07 Å². The molecule has 12 heteroatoms. The first-order chi connectivity index (χ1) is 22.7. The molecule has 0 spiro atoms. The van der Waals surface area contributed by atoms with Crippen LogP contribution >= 0.6 is 23.2 Å². The molecule has 2 N–H and O–H groups in total. The molecule has 4 aromatic rings. The van der Waals surface area contributed by atoms with Crippen LogP contribution in [0.4, 0.5) is 8.78 Å². The lowest BCUT2D eigenvalue weighted by atomic mass is 9.80. The first-order valence-corrected chi connectivity index (χ1v) is 16.3. The number of ether oxygens (including phenoxy) is 1. The maximum Gasteiger partial charge on any atom is 0.228 e. The van der Waals surface area contributed by atoms with Crippen molar-refractivity contribution in [3.63, 3.8) is 0 Å². The molecule has 2 amide bonds. The molecule has 1 aliphatic carbocycles. The topological polar surface area (TPSA) is 96.7 Å². The molecule has 1 saturated heterocycles. The predicted octanol–water partition coefficient (Wildman–Crippen LogP) is 6.68. The van der Waals surface area contributed by atoms with Gasteiger partial charge in [0.05, 0.1) is 22.9 Å². The summed E-state index contributed by atoms with van der Waals surface area (Å²) < 4.78 is 39.3. The number of benzene rings is 3. The van der Waals surface area contributed by atoms with E-state index in [9.17, 15) is 18.4 Å². The molecule has 3 aromatic carbocycles. The molecule has 2 fully saturated rings. The fraction of sp³-hybridized carbons (Fsp3) is 0.343. The minimum absolute atomic E-state index is 0.0110. The molecule has 2 aliphatic rings. The Labute approximate surface area is 281 Å². The molecule has 0 radical (unpaired) electrons. The van der Waals surface area contributed by atoms with Crippen molar-refractivity contribution in [3.8, 4) is 17.0 Å². The zero-order valence-electron chi connectivity index (χ0n) is 25.7. The van der Waals surface area contributed by atoms with Crippen molar-refractivity contribution in [3.05, 3.63) is 105 Å². The van der Waals surface area contributed by atoms with Crippen LogP contribution in [0.1, 0.15) is 47.6 Å². The summed E-state index contributed by atoms with van der Waals surface area (Å²) in [6, 6.07) is 16.7. The monoisotopic (exact) mass is 682 g/mol. The van der Waals surface area contributed by atoms with Gasteiger partial charge in [-0.1, -0.05) is 52.6 Å². The minimum atomic E-state index is -0.754. The highest BCUT2D eigenvalue weighted by Crippen LogP contribution is 2.38. The molecular formula is C35H34Cl2F2N4O4. The molecule has 6 rings (SSSR count). The van der Waals surface area contributed by atoms with Crippen molar-refractivity contribution < 1.29 is 27.6 Å². The largest absolute Gasteiger partial charge is 0.486 e. The number of hydrogen-bond acceptors (Lipinski definition) is 6. The molecule has 1 aliphatic heterocycles. The zero-order valence-corrected chi connectivity index (χ0v) is 27.2. The van der Waals surface area contributed by atoms with Gasteiger partial charge in [-0.25, -0.2) is 8.78 Å². The lowest BCUT2D eigenvalue weighted by Gasteiger charge is -2.36. The summed E-state index contributed by atoms with van der Waals surface area (Å²) in [4.78, 5) is 28.1. The van der Waals surface area contributed by atoms with E-state index in [2.05, 4.69) is 15.8 Å². The number of hydrogen-bond donors (Lipinski definition) is 2. The van der Waals surface area contributed by atoms with Gasteiger partial charge >= 0.3 is 0 Å². The van der Waals surface area contributed by atoms with E-state index in [0.717, 1.165) is 54.6 Å². The zero-order chi connectivity index (χ0) is 33.1. The summed E-state index contributed by atoms with van der Waals surface area (Å²) in [6.45, 7) is 1.77. The molecular weight excluding hydrogens is 649 g/mol. The Morgan fingerprint density at radius 1 is 1.04 bits per heavy atom. The van der Waals surface area contributed by atoms with Gasteiger partial charge in [-0.2, -0.15) is 0 Å². The molecule has 246 valence electrons. The Hall–Kier alpha value is -3.99. The van der Waals surface area contributed by atoms with Crippen LogP contribution < -0.4 is 15.4 Å². The summed E-state index contributed by atoms with van der Waals surface area (Å²) in [6.07, 6.45) is 2.96. The van der Waals surface area contributed by atoms with E-state index in [1.54, 1.807) is 13.1 Å². The second-order valence-corrected chi connectivity index (χ2v) is 12.7. The average Bonchev–Trinajstić information content (AvgIpc) is 3.83. The number of piperidine rings is 1. The predicted molar refractivity (Wildman–Crippen MR) is 174 cm³/mol. The molecule has 2 heterocycles. The van der Waals surface area contributed by atoms with Crippen LogP contribution in [0.15, 0.2) is 65.2 Å². The SMILES string of the molecule is CNC(=O)Cc1ccc(Cl)c(CN(C(=O)[C@H]2CNCC[C@@H]2c2ccc(OCc3cc(-c4c(F)ccc(F)c4Cl)no3)cc2)C2CC2)c1. The van der Waals surface area contributed by atoms with Gasteiger partial charge < -0.3 is 24.8 Å². The lowest BCUT2D eigenvalue weighted by molar-refractivity contribution is -0.138. The van der Waals surface area contributed by atoms with Crippen LogP contribution in [0.3, 0.4) is 0 Å².